The fraction of sp³-hybridized carbons (Fsp3) is 0.350. The molecule has 0 unspecified atom stereocenters. The maximum Gasteiger partial charge on any atom is 0.221 e. The van der Waals surface area contributed by atoms with Crippen LogP contribution in [0.25, 0.3) is 0 Å². The molecule has 2 aromatic carbocycles. The SMILES string of the molecule is COc1ccc([C@@H](NC(=O)CC(C)(C)C)c2ccccc2)cc1. The highest BCUT2D eigenvalue weighted by molar-refractivity contribution is 5.77. The van der Waals surface area contributed by atoms with Crippen molar-refractivity contribution in [1.29, 1.82) is 0 Å². The average Bonchev–Trinajstić information content (AvgIpc) is 2.52. The second-order valence-electron chi connectivity index (χ2n) is 6.92. The Morgan fingerprint density at radius 1 is 1.00 bits per heavy atom. The van der Waals surface area contributed by atoms with Gasteiger partial charge in [0, 0.05) is 6.42 Å². The van der Waals surface area contributed by atoms with Crippen molar-refractivity contribution in [3.63, 3.8) is 0 Å². The summed E-state index contributed by atoms with van der Waals surface area (Å²) < 4.78 is 5.21. The number of benzene rings is 2. The maximum absolute atomic E-state index is 12.4. The first-order valence-corrected chi connectivity index (χ1v) is 7.87. The molecule has 0 aliphatic heterocycles. The molecule has 2 aromatic rings. The van der Waals surface area contributed by atoms with Gasteiger partial charge in [0.25, 0.3) is 0 Å². The Morgan fingerprint density at radius 2 is 1.57 bits per heavy atom. The van der Waals surface area contributed by atoms with Crippen molar-refractivity contribution in [1.82, 2.24) is 5.32 Å². The van der Waals surface area contributed by atoms with Gasteiger partial charge in [-0.1, -0.05) is 63.2 Å². The maximum atomic E-state index is 12.4. The van der Waals surface area contributed by atoms with Gasteiger partial charge in [-0.05, 0) is 28.7 Å². The van der Waals surface area contributed by atoms with E-state index in [0.29, 0.717) is 6.42 Å². The third-order valence-corrected chi connectivity index (χ3v) is 3.58. The van der Waals surface area contributed by atoms with Gasteiger partial charge in [0.15, 0.2) is 0 Å². The Kier molecular flexibility index (Phi) is 5.43. The highest BCUT2D eigenvalue weighted by atomic mass is 16.5. The minimum absolute atomic E-state index is 0.0365. The van der Waals surface area contributed by atoms with Crippen LogP contribution in [0.3, 0.4) is 0 Å². The zero-order valence-electron chi connectivity index (χ0n) is 14.3. The van der Waals surface area contributed by atoms with Crippen LogP contribution in [0.1, 0.15) is 44.4 Å². The van der Waals surface area contributed by atoms with Crippen LogP contribution < -0.4 is 10.1 Å². The molecule has 0 saturated heterocycles. The first-order valence-electron chi connectivity index (χ1n) is 7.87. The molecule has 3 nitrogen and oxygen atoms in total. The van der Waals surface area contributed by atoms with E-state index >= 15 is 0 Å². The van der Waals surface area contributed by atoms with E-state index in [0.717, 1.165) is 16.9 Å². The van der Waals surface area contributed by atoms with Crippen LogP contribution in [-0.2, 0) is 4.79 Å². The van der Waals surface area contributed by atoms with Gasteiger partial charge in [0.05, 0.1) is 13.2 Å². The third-order valence-electron chi connectivity index (χ3n) is 3.58. The molecular formula is C20H25NO2. The number of hydrogen-bond acceptors (Lipinski definition) is 2. The van der Waals surface area contributed by atoms with Gasteiger partial charge in [-0.3, -0.25) is 4.79 Å². The number of rotatable bonds is 5. The fourth-order valence-corrected chi connectivity index (χ4v) is 2.49. The number of methoxy groups -OCH3 is 1. The summed E-state index contributed by atoms with van der Waals surface area (Å²) in [6.45, 7) is 6.20. The molecule has 0 heterocycles. The molecule has 0 fully saturated rings. The topological polar surface area (TPSA) is 38.3 Å². The summed E-state index contributed by atoms with van der Waals surface area (Å²) in [4.78, 5) is 12.4. The second-order valence-corrected chi connectivity index (χ2v) is 6.92. The minimum atomic E-state index is -0.156. The monoisotopic (exact) mass is 311 g/mol. The van der Waals surface area contributed by atoms with Crippen molar-refractivity contribution in [2.45, 2.75) is 33.2 Å². The molecule has 2 rings (SSSR count). The fourth-order valence-electron chi connectivity index (χ4n) is 2.49. The molecule has 0 bridgehead atoms. The second kappa shape index (κ2) is 7.32. The van der Waals surface area contributed by atoms with Crippen molar-refractivity contribution in [2.24, 2.45) is 5.41 Å². The predicted octanol–water partition coefficient (Wildman–Crippen LogP) is 4.34. The van der Waals surface area contributed by atoms with E-state index in [-0.39, 0.29) is 17.4 Å². The largest absolute Gasteiger partial charge is 0.497 e. The predicted molar refractivity (Wildman–Crippen MR) is 93.5 cm³/mol. The molecule has 0 radical (unpaired) electrons. The van der Waals surface area contributed by atoms with Crippen molar-refractivity contribution in [3.05, 3.63) is 65.7 Å². The molecule has 0 saturated carbocycles. The molecule has 0 aliphatic rings. The first-order chi connectivity index (χ1) is 10.9. The van der Waals surface area contributed by atoms with Crippen molar-refractivity contribution < 1.29 is 9.53 Å². The van der Waals surface area contributed by atoms with Crippen LogP contribution in [0, 0.1) is 5.41 Å². The molecule has 122 valence electrons. The molecule has 1 N–H and O–H groups in total. The standard InChI is InChI=1S/C20H25NO2/c1-20(2,3)14-18(22)21-19(15-8-6-5-7-9-15)16-10-12-17(23-4)13-11-16/h5-13,19H,14H2,1-4H3,(H,21,22)/t19-/m0/s1. The van der Waals surface area contributed by atoms with E-state index in [1.165, 1.54) is 0 Å². The Labute approximate surface area is 138 Å². The average molecular weight is 311 g/mol. The smallest absolute Gasteiger partial charge is 0.221 e. The van der Waals surface area contributed by atoms with E-state index < -0.39 is 0 Å². The Balaban J connectivity index is 2.27. The molecule has 3 heteroatoms. The summed E-state index contributed by atoms with van der Waals surface area (Å²) in [7, 11) is 1.65. The summed E-state index contributed by atoms with van der Waals surface area (Å²) in [6, 6.07) is 17.7. The molecular weight excluding hydrogens is 286 g/mol. The van der Waals surface area contributed by atoms with Gasteiger partial charge in [-0.15, -0.1) is 0 Å². The summed E-state index contributed by atoms with van der Waals surface area (Å²) in [5.41, 5.74) is 2.07. The van der Waals surface area contributed by atoms with E-state index in [2.05, 4.69) is 26.1 Å². The summed E-state index contributed by atoms with van der Waals surface area (Å²) in [6.07, 6.45) is 0.493. The third kappa shape index (κ3) is 5.13. The van der Waals surface area contributed by atoms with Crippen LogP contribution in [0.4, 0.5) is 0 Å². The lowest BCUT2D eigenvalue weighted by molar-refractivity contribution is -0.123. The summed E-state index contributed by atoms with van der Waals surface area (Å²) >= 11 is 0. The van der Waals surface area contributed by atoms with Gasteiger partial charge in [0.2, 0.25) is 5.91 Å². The number of carbonyl (C=O) groups is 1. The van der Waals surface area contributed by atoms with E-state index in [1.54, 1.807) is 7.11 Å². The summed E-state index contributed by atoms with van der Waals surface area (Å²) in [5.74, 6) is 0.865. The lowest BCUT2D eigenvalue weighted by atomic mass is 9.91. The number of amides is 1. The zero-order valence-corrected chi connectivity index (χ0v) is 14.3. The Morgan fingerprint density at radius 3 is 2.09 bits per heavy atom. The van der Waals surface area contributed by atoms with Crippen molar-refractivity contribution >= 4 is 5.91 Å². The molecule has 0 spiro atoms. The highest BCUT2D eigenvalue weighted by Gasteiger charge is 2.21. The van der Waals surface area contributed by atoms with Crippen molar-refractivity contribution in [3.8, 4) is 5.75 Å². The van der Waals surface area contributed by atoms with Crippen LogP contribution >= 0.6 is 0 Å². The Bertz CT molecular complexity index is 627. The van der Waals surface area contributed by atoms with Gasteiger partial charge in [-0.2, -0.15) is 0 Å². The molecule has 1 atom stereocenters. The lowest BCUT2D eigenvalue weighted by Crippen LogP contribution is -2.32. The van der Waals surface area contributed by atoms with Crippen LogP contribution in [0.5, 0.6) is 5.75 Å². The number of ether oxygens (including phenoxy) is 1. The molecule has 1 amide bonds. The molecule has 0 aliphatic carbocycles. The number of nitrogens with one attached hydrogen (secondary N) is 1. The van der Waals surface area contributed by atoms with Crippen LogP contribution in [0.15, 0.2) is 54.6 Å². The van der Waals surface area contributed by atoms with Gasteiger partial charge < -0.3 is 10.1 Å². The lowest BCUT2D eigenvalue weighted by Gasteiger charge is -2.23. The van der Waals surface area contributed by atoms with E-state index in [1.807, 2.05) is 54.6 Å². The minimum Gasteiger partial charge on any atom is -0.497 e. The van der Waals surface area contributed by atoms with Gasteiger partial charge >= 0.3 is 0 Å². The number of hydrogen-bond donors (Lipinski definition) is 1. The summed E-state index contributed by atoms with van der Waals surface area (Å²) in [5, 5.41) is 3.16. The van der Waals surface area contributed by atoms with Gasteiger partial charge in [0.1, 0.15) is 5.75 Å². The van der Waals surface area contributed by atoms with Gasteiger partial charge in [-0.25, -0.2) is 0 Å². The van der Waals surface area contributed by atoms with E-state index in [9.17, 15) is 4.79 Å². The van der Waals surface area contributed by atoms with Crippen molar-refractivity contribution in [2.75, 3.05) is 7.11 Å². The number of carbonyl (C=O) groups excluding carboxylic acids is 1. The Hall–Kier alpha value is -2.29. The highest BCUT2D eigenvalue weighted by Crippen LogP contribution is 2.25. The quantitative estimate of drug-likeness (QED) is 0.892. The van der Waals surface area contributed by atoms with Crippen LogP contribution in [-0.4, -0.2) is 13.0 Å². The first kappa shape index (κ1) is 17.1. The molecule has 0 aromatic heterocycles. The van der Waals surface area contributed by atoms with E-state index in [4.69, 9.17) is 4.74 Å². The van der Waals surface area contributed by atoms with Crippen LogP contribution in [0.2, 0.25) is 0 Å². The zero-order chi connectivity index (χ0) is 16.9. The normalized spacial score (nSPS) is 12.5. The molecule has 23 heavy (non-hydrogen) atoms.